The van der Waals surface area contributed by atoms with Gasteiger partial charge in [0.05, 0.1) is 25.3 Å². The molecule has 0 radical (unpaired) electrons. The summed E-state index contributed by atoms with van der Waals surface area (Å²) in [4.78, 5) is 22.5. The van der Waals surface area contributed by atoms with Gasteiger partial charge in [-0.3, -0.25) is 9.59 Å². The number of nitrogens with one attached hydrogen (secondary N) is 2. The highest BCUT2D eigenvalue weighted by Gasteiger charge is 2.06. The molecule has 2 N–H and O–H groups in total. The molecular weight excluding hydrogens is 251 g/mol. The van der Waals surface area contributed by atoms with Crippen molar-refractivity contribution in [1.82, 2.24) is 5.32 Å². The van der Waals surface area contributed by atoms with E-state index in [0.717, 1.165) is 0 Å². The van der Waals surface area contributed by atoms with Gasteiger partial charge in [-0.2, -0.15) is 0 Å². The second-order valence-corrected chi connectivity index (χ2v) is 3.76. The number of anilines is 1. The van der Waals surface area contributed by atoms with Crippen LogP contribution in [0.1, 0.15) is 13.3 Å². The van der Waals surface area contributed by atoms with Crippen molar-refractivity contribution in [2.24, 2.45) is 0 Å². The molecule has 19 heavy (non-hydrogen) atoms. The molecule has 0 aromatic heterocycles. The zero-order valence-corrected chi connectivity index (χ0v) is 10.7. The van der Waals surface area contributed by atoms with Crippen LogP contribution in [-0.4, -0.2) is 31.6 Å². The van der Waals surface area contributed by atoms with Crippen LogP contribution in [0.5, 0.6) is 0 Å². The van der Waals surface area contributed by atoms with Crippen molar-refractivity contribution < 1.29 is 18.7 Å². The molecule has 0 saturated carbocycles. The number of benzene rings is 1. The molecule has 1 rings (SSSR count). The quantitative estimate of drug-likeness (QED) is 0.578. The summed E-state index contributed by atoms with van der Waals surface area (Å²) in [6.45, 7) is 2.41. The number of carbonyl (C=O) groups excluding carboxylic acids is 2. The van der Waals surface area contributed by atoms with E-state index in [1.54, 1.807) is 19.1 Å². The van der Waals surface area contributed by atoms with Crippen LogP contribution < -0.4 is 10.6 Å². The van der Waals surface area contributed by atoms with Gasteiger partial charge in [-0.25, -0.2) is 4.39 Å². The zero-order valence-electron chi connectivity index (χ0n) is 10.7. The van der Waals surface area contributed by atoms with Crippen LogP contribution in [0.3, 0.4) is 0 Å². The fourth-order valence-corrected chi connectivity index (χ4v) is 1.38. The lowest BCUT2D eigenvalue weighted by atomic mass is 10.3. The molecule has 6 heteroatoms. The van der Waals surface area contributed by atoms with Gasteiger partial charge in [0.1, 0.15) is 5.82 Å². The van der Waals surface area contributed by atoms with Gasteiger partial charge in [0.15, 0.2) is 0 Å². The number of ether oxygens (including phenoxy) is 1. The highest BCUT2D eigenvalue weighted by Crippen LogP contribution is 2.11. The van der Waals surface area contributed by atoms with Crippen molar-refractivity contribution in [3.8, 4) is 0 Å². The Labute approximate surface area is 111 Å². The second kappa shape index (κ2) is 8.20. The van der Waals surface area contributed by atoms with Gasteiger partial charge < -0.3 is 15.4 Å². The lowest BCUT2D eigenvalue weighted by Crippen LogP contribution is -2.30. The minimum absolute atomic E-state index is 0.00768. The van der Waals surface area contributed by atoms with E-state index >= 15 is 0 Å². The standard InChI is InChI=1S/C13H17FN2O3/c1-2-19-13(18)7-8-15-9-12(17)16-11-6-4-3-5-10(11)14/h3-6,15H,2,7-9H2,1H3,(H,16,17). The Morgan fingerprint density at radius 1 is 1.32 bits per heavy atom. The summed E-state index contributed by atoms with van der Waals surface area (Å²) in [5, 5.41) is 5.21. The Morgan fingerprint density at radius 2 is 2.05 bits per heavy atom. The van der Waals surface area contributed by atoms with E-state index in [0.29, 0.717) is 13.2 Å². The number of para-hydroxylation sites is 1. The van der Waals surface area contributed by atoms with Crippen molar-refractivity contribution >= 4 is 17.6 Å². The van der Waals surface area contributed by atoms with Crippen molar-refractivity contribution in [2.45, 2.75) is 13.3 Å². The van der Waals surface area contributed by atoms with Gasteiger partial charge in [0.25, 0.3) is 0 Å². The van der Waals surface area contributed by atoms with Gasteiger partial charge in [-0.15, -0.1) is 0 Å². The van der Waals surface area contributed by atoms with Crippen LogP contribution in [0.15, 0.2) is 24.3 Å². The molecule has 0 heterocycles. The lowest BCUT2D eigenvalue weighted by molar-refractivity contribution is -0.143. The largest absolute Gasteiger partial charge is 0.466 e. The number of halogens is 1. The molecule has 0 aliphatic heterocycles. The van der Waals surface area contributed by atoms with Crippen molar-refractivity contribution in [3.05, 3.63) is 30.1 Å². The molecule has 1 aromatic rings. The molecule has 0 saturated heterocycles. The summed E-state index contributed by atoms with van der Waals surface area (Å²) < 4.78 is 18.0. The summed E-state index contributed by atoms with van der Waals surface area (Å²) in [7, 11) is 0. The Hall–Kier alpha value is -1.95. The number of hydrogen-bond donors (Lipinski definition) is 2. The molecule has 0 spiro atoms. The number of amides is 1. The summed E-state index contributed by atoms with van der Waals surface area (Å²) in [5.74, 6) is -1.17. The summed E-state index contributed by atoms with van der Waals surface area (Å²) >= 11 is 0. The Bertz CT molecular complexity index is 438. The van der Waals surface area contributed by atoms with E-state index < -0.39 is 5.82 Å². The number of esters is 1. The summed E-state index contributed by atoms with van der Waals surface area (Å²) in [6.07, 6.45) is 0.195. The Kier molecular flexibility index (Phi) is 6.52. The van der Waals surface area contributed by atoms with Crippen LogP contribution in [0.25, 0.3) is 0 Å². The van der Waals surface area contributed by atoms with Crippen molar-refractivity contribution in [2.75, 3.05) is 25.0 Å². The van der Waals surface area contributed by atoms with E-state index in [9.17, 15) is 14.0 Å². The van der Waals surface area contributed by atoms with Crippen molar-refractivity contribution in [3.63, 3.8) is 0 Å². The average molecular weight is 268 g/mol. The maximum absolute atomic E-state index is 13.2. The molecule has 0 unspecified atom stereocenters. The highest BCUT2D eigenvalue weighted by molar-refractivity contribution is 5.92. The van der Waals surface area contributed by atoms with E-state index in [-0.39, 0.29) is 30.5 Å². The minimum atomic E-state index is -0.484. The molecule has 1 amide bonds. The van der Waals surface area contributed by atoms with Gasteiger partial charge in [-0.1, -0.05) is 12.1 Å². The third-order valence-corrected chi connectivity index (χ3v) is 2.24. The maximum atomic E-state index is 13.2. The molecule has 0 fully saturated rings. The number of hydrogen-bond acceptors (Lipinski definition) is 4. The topological polar surface area (TPSA) is 67.4 Å². The summed E-state index contributed by atoms with van der Waals surface area (Å²) in [5.41, 5.74) is 0.139. The first-order valence-electron chi connectivity index (χ1n) is 6.04. The van der Waals surface area contributed by atoms with Crippen molar-refractivity contribution in [1.29, 1.82) is 0 Å². The van der Waals surface area contributed by atoms with E-state index in [1.807, 2.05) is 0 Å². The molecule has 1 aromatic carbocycles. The van der Waals surface area contributed by atoms with Crippen LogP contribution in [-0.2, 0) is 14.3 Å². The predicted octanol–water partition coefficient (Wildman–Crippen LogP) is 1.31. The molecule has 0 atom stereocenters. The fourth-order valence-electron chi connectivity index (χ4n) is 1.38. The van der Waals surface area contributed by atoms with E-state index in [1.165, 1.54) is 12.1 Å². The van der Waals surface area contributed by atoms with Gasteiger partial charge >= 0.3 is 5.97 Å². The lowest BCUT2D eigenvalue weighted by Gasteiger charge is -2.07. The minimum Gasteiger partial charge on any atom is -0.466 e. The maximum Gasteiger partial charge on any atom is 0.307 e. The van der Waals surface area contributed by atoms with Crippen LogP contribution in [0.4, 0.5) is 10.1 Å². The van der Waals surface area contributed by atoms with E-state index in [2.05, 4.69) is 10.6 Å². The van der Waals surface area contributed by atoms with Gasteiger partial charge in [0, 0.05) is 6.54 Å². The molecule has 5 nitrogen and oxygen atoms in total. The first kappa shape index (κ1) is 15.1. The van der Waals surface area contributed by atoms with Crippen LogP contribution >= 0.6 is 0 Å². The molecule has 104 valence electrons. The highest BCUT2D eigenvalue weighted by atomic mass is 19.1. The molecular formula is C13H17FN2O3. The number of rotatable bonds is 7. The average Bonchev–Trinajstić information content (AvgIpc) is 2.38. The third kappa shape index (κ3) is 5.96. The second-order valence-electron chi connectivity index (χ2n) is 3.76. The Balaban J connectivity index is 2.22. The predicted molar refractivity (Wildman–Crippen MR) is 69.1 cm³/mol. The smallest absolute Gasteiger partial charge is 0.307 e. The summed E-state index contributed by atoms with van der Waals surface area (Å²) in [6, 6.07) is 5.92. The zero-order chi connectivity index (χ0) is 14.1. The molecule has 0 aliphatic rings. The Morgan fingerprint density at radius 3 is 2.74 bits per heavy atom. The first-order valence-corrected chi connectivity index (χ1v) is 6.04. The number of carbonyl (C=O) groups is 2. The normalized spacial score (nSPS) is 10.0. The molecule has 0 bridgehead atoms. The SMILES string of the molecule is CCOC(=O)CCNCC(=O)Nc1ccccc1F. The molecule has 0 aliphatic carbocycles. The van der Waals surface area contributed by atoms with Crippen LogP contribution in [0, 0.1) is 5.82 Å². The third-order valence-electron chi connectivity index (χ3n) is 2.24. The van der Waals surface area contributed by atoms with E-state index in [4.69, 9.17) is 4.74 Å². The van der Waals surface area contributed by atoms with Crippen LogP contribution in [0.2, 0.25) is 0 Å². The van der Waals surface area contributed by atoms with Gasteiger partial charge in [-0.05, 0) is 19.1 Å². The monoisotopic (exact) mass is 268 g/mol. The first-order chi connectivity index (χ1) is 9.13. The van der Waals surface area contributed by atoms with Gasteiger partial charge in [0.2, 0.25) is 5.91 Å². The fraction of sp³-hybridized carbons (Fsp3) is 0.385.